The van der Waals surface area contributed by atoms with Gasteiger partial charge in [0, 0.05) is 24.5 Å². The quantitative estimate of drug-likeness (QED) is 0.654. The third-order valence-electron chi connectivity index (χ3n) is 8.29. The standard InChI is InChI=1S/C27H34FN5O3/c1-17(2)33(21-12-19-4-6-23(21)35-19)26(34)20-11-18(28)3-5-22(20)36-24-13-30-16-31-25(24)32-14-27(15-32)7-9-29-10-8-27/h3,5,11,13,16-17,19,21,23,29H,4,6-10,12,14-15H2,1-2H3/t19-,21+,23+/m1/s1. The Morgan fingerprint density at radius 3 is 2.75 bits per heavy atom. The van der Waals surface area contributed by atoms with Gasteiger partial charge in [0.05, 0.1) is 30.0 Å². The number of anilines is 1. The molecule has 4 fully saturated rings. The summed E-state index contributed by atoms with van der Waals surface area (Å²) in [6.45, 7) is 7.91. The summed E-state index contributed by atoms with van der Waals surface area (Å²) in [7, 11) is 0. The molecule has 1 amide bonds. The molecule has 1 aromatic heterocycles. The largest absolute Gasteiger partial charge is 0.451 e. The van der Waals surface area contributed by atoms with Gasteiger partial charge >= 0.3 is 0 Å². The van der Waals surface area contributed by atoms with Gasteiger partial charge in [0.25, 0.3) is 5.91 Å². The molecule has 5 heterocycles. The van der Waals surface area contributed by atoms with Gasteiger partial charge in [-0.05, 0) is 77.2 Å². The minimum Gasteiger partial charge on any atom is -0.451 e. The molecule has 6 rings (SSSR count). The molecule has 1 spiro atoms. The van der Waals surface area contributed by atoms with Crippen LogP contribution in [-0.2, 0) is 4.74 Å². The normalized spacial score (nSPS) is 26.3. The molecule has 4 aliphatic heterocycles. The number of ether oxygens (including phenoxy) is 2. The number of carbonyl (C=O) groups excluding carboxylic acids is 1. The van der Waals surface area contributed by atoms with Crippen molar-refractivity contribution in [3.8, 4) is 11.5 Å². The van der Waals surface area contributed by atoms with Crippen molar-refractivity contribution < 1.29 is 18.7 Å². The molecule has 36 heavy (non-hydrogen) atoms. The highest BCUT2D eigenvalue weighted by atomic mass is 19.1. The van der Waals surface area contributed by atoms with Crippen molar-refractivity contribution in [3.63, 3.8) is 0 Å². The van der Waals surface area contributed by atoms with E-state index in [1.54, 1.807) is 6.20 Å². The number of halogens is 1. The predicted molar refractivity (Wildman–Crippen MR) is 133 cm³/mol. The molecule has 1 N–H and O–H groups in total. The maximum atomic E-state index is 14.4. The molecule has 1 aromatic carbocycles. The zero-order valence-corrected chi connectivity index (χ0v) is 21.0. The number of nitrogens with one attached hydrogen (secondary N) is 1. The van der Waals surface area contributed by atoms with Crippen molar-refractivity contribution in [1.82, 2.24) is 20.2 Å². The maximum absolute atomic E-state index is 14.4. The fourth-order valence-corrected chi connectivity index (χ4v) is 6.49. The average Bonchev–Trinajstić information content (AvgIpc) is 3.48. The summed E-state index contributed by atoms with van der Waals surface area (Å²) in [6.07, 6.45) is 8.51. The van der Waals surface area contributed by atoms with Crippen molar-refractivity contribution in [1.29, 1.82) is 0 Å². The molecule has 0 saturated carbocycles. The van der Waals surface area contributed by atoms with Gasteiger partial charge in [-0.1, -0.05) is 0 Å². The first kappa shape index (κ1) is 23.6. The molecule has 2 bridgehead atoms. The van der Waals surface area contributed by atoms with Gasteiger partial charge in [0.1, 0.15) is 17.9 Å². The van der Waals surface area contributed by atoms with Gasteiger partial charge in [0.2, 0.25) is 0 Å². The first-order valence-corrected chi connectivity index (χ1v) is 13.1. The lowest BCUT2D eigenvalue weighted by Crippen LogP contribution is -2.60. The molecule has 0 radical (unpaired) electrons. The molecule has 0 unspecified atom stereocenters. The summed E-state index contributed by atoms with van der Waals surface area (Å²) in [4.78, 5) is 26.6. The zero-order valence-electron chi connectivity index (χ0n) is 21.0. The predicted octanol–water partition coefficient (Wildman–Crippen LogP) is 3.77. The molecule has 9 heteroatoms. The molecule has 3 atom stereocenters. The Hall–Kier alpha value is -2.78. The Balaban J connectivity index is 1.26. The van der Waals surface area contributed by atoms with Crippen LogP contribution in [0.2, 0.25) is 0 Å². The van der Waals surface area contributed by atoms with Crippen LogP contribution in [0.1, 0.15) is 56.3 Å². The van der Waals surface area contributed by atoms with E-state index in [9.17, 15) is 9.18 Å². The highest BCUT2D eigenvalue weighted by Crippen LogP contribution is 2.44. The summed E-state index contributed by atoms with van der Waals surface area (Å²) in [5.41, 5.74) is 0.532. The van der Waals surface area contributed by atoms with Crippen LogP contribution in [0.15, 0.2) is 30.7 Å². The van der Waals surface area contributed by atoms with Crippen LogP contribution in [0.4, 0.5) is 10.2 Å². The molecule has 2 aromatic rings. The van der Waals surface area contributed by atoms with E-state index in [0.717, 1.165) is 58.3 Å². The Morgan fingerprint density at radius 1 is 1.25 bits per heavy atom. The monoisotopic (exact) mass is 495 g/mol. The van der Waals surface area contributed by atoms with E-state index in [1.165, 1.54) is 24.5 Å². The maximum Gasteiger partial charge on any atom is 0.258 e. The number of nitrogens with zero attached hydrogens (tertiary/aromatic N) is 4. The fourth-order valence-electron chi connectivity index (χ4n) is 6.49. The first-order chi connectivity index (χ1) is 17.4. The van der Waals surface area contributed by atoms with Crippen LogP contribution >= 0.6 is 0 Å². The van der Waals surface area contributed by atoms with Crippen molar-refractivity contribution in [2.75, 3.05) is 31.1 Å². The number of hydrogen-bond acceptors (Lipinski definition) is 7. The second-order valence-corrected chi connectivity index (χ2v) is 11.0. The summed E-state index contributed by atoms with van der Waals surface area (Å²) in [5, 5.41) is 3.43. The second kappa shape index (κ2) is 9.27. The number of fused-ring (bicyclic) bond motifs is 2. The molecule has 4 aliphatic rings. The van der Waals surface area contributed by atoms with Gasteiger partial charge in [0.15, 0.2) is 11.6 Å². The third kappa shape index (κ3) is 4.22. The Labute approximate surface area is 211 Å². The van der Waals surface area contributed by atoms with E-state index < -0.39 is 5.82 Å². The van der Waals surface area contributed by atoms with Gasteiger partial charge in [-0.25, -0.2) is 14.4 Å². The van der Waals surface area contributed by atoms with E-state index >= 15 is 0 Å². The zero-order chi connectivity index (χ0) is 24.9. The molecule has 4 saturated heterocycles. The molecule has 0 aliphatic carbocycles. The van der Waals surface area contributed by atoms with E-state index in [4.69, 9.17) is 9.47 Å². The fraction of sp³-hybridized carbons (Fsp3) is 0.593. The number of piperidine rings is 1. The Kier molecular flexibility index (Phi) is 6.08. The van der Waals surface area contributed by atoms with Crippen LogP contribution < -0.4 is 15.0 Å². The smallest absolute Gasteiger partial charge is 0.258 e. The average molecular weight is 496 g/mol. The SMILES string of the molecule is CC(C)N(C(=O)c1cc(F)ccc1Oc1cncnc1N1CC2(CCNCC2)C1)[C@H]1C[C@H]2CC[C@@H]1O2. The molecule has 8 nitrogen and oxygen atoms in total. The van der Waals surface area contributed by atoms with Crippen LogP contribution in [-0.4, -0.2) is 71.2 Å². The van der Waals surface area contributed by atoms with Crippen LogP contribution in [0.5, 0.6) is 11.5 Å². The van der Waals surface area contributed by atoms with Gasteiger partial charge in [-0.3, -0.25) is 4.79 Å². The summed E-state index contributed by atoms with van der Waals surface area (Å²) >= 11 is 0. The van der Waals surface area contributed by atoms with Crippen LogP contribution in [0.3, 0.4) is 0 Å². The van der Waals surface area contributed by atoms with Gasteiger partial charge < -0.3 is 24.6 Å². The highest BCUT2D eigenvalue weighted by Gasteiger charge is 2.47. The topological polar surface area (TPSA) is 79.8 Å². The van der Waals surface area contributed by atoms with E-state index in [1.807, 2.05) is 18.7 Å². The summed E-state index contributed by atoms with van der Waals surface area (Å²) < 4.78 is 26.7. The number of carbonyl (C=O) groups is 1. The lowest BCUT2D eigenvalue weighted by atomic mass is 9.72. The Bertz CT molecular complexity index is 1130. The van der Waals surface area contributed by atoms with Crippen molar-refractivity contribution >= 4 is 11.7 Å². The summed E-state index contributed by atoms with van der Waals surface area (Å²) in [6, 6.07) is 4.06. The number of hydrogen-bond donors (Lipinski definition) is 1. The minimum absolute atomic E-state index is 0.00903. The molecular weight excluding hydrogens is 461 g/mol. The van der Waals surface area contributed by atoms with Gasteiger partial charge in [-0.2, -0.15) is 0 Å². The Morgan fingerprint density at radius 2 is 2.06 bits per heavy atom. The van der Waals surface area contributed by atoms with E-state index in [0.29, 0.717) is 22.7 Å². The lowest BCUT2D eigenvalue weighted by molar-refractivity contribution is 0.0413. The van der Waals surface area contributed by atoms with Crippen molar-refractivity contribution in [2.45, 2.75) is 70.2 Å². The van der Waals surface area contributed by atoms with Crippen LogP contribution in [0.25, 0.3) is 0 Å². The molecular formula is C27H34FN5O3. The first-order valence-electron chi connectivity index (χ1n) is 13.1. The van der Waals surface area contributed by atoms with Crippen molar-refractivity contribution in [2.24, 2.45) is 5.41 Å². The second-order valence-electron chi connectivity index (χ2n) is 11.0. The number of benzene rings is 1. The van der Waals surface area contributed by atoms with Crippen molar-refractivity contribution in [3.05, 3.63) is 42.1 Å². The van der Waals surface area contributed by atoms with Crippen LogP contribution in [0, 0.1) is 11.2 Å². The molecule has 192 valence electrons. The van der Waals surface area contributed by atoms with Gasteiger partial charge in [-0.15, -0.1) is 0 Å². The third-order valence-corrected chi connectivity index (χ3v) is 8.29. The number of rotatable bonds is 6. The summed E-state index contributed by atoms with van der Waals surface area (Å²) in [5.74, 6) is 0.778. The number of aromatic nitrogens is 2. The van der Waals surface area contributed by atoms with E-state index in [2.05, 4.69) is 20.2 Å². The lowest BCUT2D eigenvalue weighted by Gasteiger charge is -2.53. The van der Waals surface area contributed by atoms with E-state index in [-0.39, 0.29) is 35.8 Å². The minimum atomic E-state index is -0.473. The highest BCUT2D eigenvalue weighted by molar-refractivity contribution is 5.97. The number of amides is 1.